The predicted octanol–water partition coefficient (Wildman–Crippen LogP) is 2.24. The molecule has 2 aliphatic heterocycles. The molecule has 0 bridgehead atoms. The van der Waals surface area contributed by atoms with E-state index in [-0.39, 0.29) is 17.3 Å². The summed E-state index contributed by atoms with van der Waals surface area (Å²) in [6, 6.07) is 11.5. The van der Waals surface area contributed by atoms with Crippen LogP contribution < -0.4 is 4.90 Å². The molecule has 0 radical (unpaired) electrons. The van der Waals surface area contributed by atoms with Crippen LogP contribution in [0.1, 0.15) is 28.8 Å². The van der Waals surface area contributed by atoms with E-state index in [1.807, 2.05) is 0 Å². The Morgan fingerprint density at radius 1 is 1.11 bits per heavy atom. The first-order chi connectivity index (χ1) is 13.4. The molecule has 4 nitrogen and oxygen atoms in total. The van der Waals surface area contributed by atoms with Crippen molar-refractivity contribution in [1.82, 2.24) is 4.90 Å². The number of aliphatic imine (C=N–C) groups is 1. The van der Waals surface area contributed by atoms with Gasteiger partial charge in [0.2, 0.25) is 0 Å². The van der Waals surface area contributed by atoms with Crippen molar-refractivity contribution in [3.63, 3.8) is 0 Å². The van der Waals surface area contributed by atoms with E-state index in [9.17, 15) is 13.6 Å². The third kappa shape index (κ3) is 3.25. The van der Waals surface area contributed by atoms with Gasteiger partial charge >= 0.3 is 0 Å². The van der Waals surface area contributed by atoms with Crippen molar-refractivity contribution in [1.29, 1.82) is 0 Å². The van der Waals surface area contributed by atoms with Crippen LogP contribution in [-0.4, -0.2) is 47.3 Å². The van der Waals surface area contributed by atoms with E-state index in [1.54, 1.807) is 23.1 Å². The lowest BCUT2D eigenvalue weighted by Crippen LogP contribution is -3.10. The lowest BCUT2D eigenvalue weighted by Gasteiger charge is -2.39. The topological polar surface area (TPSA) is 37.1 Å². The second-order valence-electron chi connectivity index (χ2n) is 7.36. The number of quaternary nitrogens is 1. The number of amides is 1. The second-order valence-corrected chi connectivity index (χ2v) is 7.75. The van der Waals surface area contributed by atoms with Crippen LogP contribution in [0.5, 0.6) is 0 Å². The summed E-state index contributed by atoms with van der Waals surface area (Å²) in [7, 11) is 2.10. The Hall–Kier alpha value is -2.51. The molecule has 2 aromatic rings. The van der Waals surface area contributed by atoms with Crippen molar-refractivity contribution in [3.05, 3.63) is 71.3 Å². The van der Waals surface area contributed by atoms with E-state index in [2.05, 4.69) is 7.05 Å². The molecule has 0 unspecified atom stereocenters. The minimum Gasteiger partial charge on any atom is -0.337 e. The molecule has 1 saturated heterocycles. The molecule has 0 atom stereocenters. The number of carbonyl (C=O) groups excluding carboxylic acids is 1. The maximum atomic E-state index is 13.7. The fraction of sp³-hybridized carbons (Fsp3) is 0.286. The zero-order chi connectivity index (χ0) is 19.9. The number of piperidine rings is 1. The molecule has 1 spiro atoms. The number of benzene rings is 2. The van der Waals surface area contributed by atoms with Gasteiger partial charge in [-0.2, -0.15) is 0 Å². The van der Waals surface area contributed by atoms with Gasteiger partial charge in [-0.1, -0.05) is 18.3 Å². The maximum absolute atomic E-state index is 13.7. The molecule has 2 aliphatic rings. The zero-order valence-electron chi connectivity index (χ0n) is 15.4. The number of nitrogens with zero attached hydrogens (tertiary/aromatic N) is 2. The van der Waals surface area contributed by atoms with Gasteiger partial charge in [-0.15, -0.1) is 0 Å². The summed E-state index contributed by atoms with van der Waals surface area (Å²) >= 11 is 5.65. The Balaban J connectivity index is 1.77. The highest BCUT2D eigenvalue weighted by atomic mass is 32.1. The molecule has 28 heavy (non-hydrogen) atoms. The number of hydrogen-bond donors (Lipinski definition) is 1. The molecule has 0 saturated carbocycles. The molecule has 7 heteroatoms. The van der Waals surface area contributed by atoms with Gasteiger partial charge in [0.15, 0.2) is 5.66 Å². The summed E-state index contributed by atoms with van der Waals surface area (Å²) in [4.78, 5) is 21.4. The van der Waals surface area contributed by atoms with Gasteiger partial charge in [-0.25, -0.2) is 8.78 Å². The fourth-order valence-electron chi connectivity index (χ4n) is 3.84. The van der Waals surface area contributed by atoms with E-state index in [0.29, 0.717) is 29.1 Å². The van der Waals surface area contributed by atoms with Gasteiger partial charge in [-0.3, -0.25) is 14.7 Å². The Morgan fingerprint density at radius 3 is 2.43 bits per heavy atom. The van der Waals surface area contributed by atoms with Gasteiger partial charge < -0.3 is 4.90 Å². The summed E-state index contributed by atoms with van der Waals surface area (Å²) < 4.78 is 27.1. The molecule has 1 fully saturated rings. The monoisotopic (exact) mass is 400 g/mol. The smallest absolute Gasteiger partial charge is 0.261 e. The van der Waals surface area contributed by atoms with Crippen molar-refractivity contribution < 1.29 is 18.5 Å². The number of nitrogens with one attached hydrogen (secondary N) is 1. The van der Waals surface area contributed by atoms with Gasteiger partial charge in [-0.05, 0) is 42.5 Å². The molecule has 0 aliphatic carbocycles. The summed E-state index contributed by atoms with van der Waals surface area (Å²) in [6.07, 6.45) is 1.31. The summed E-state index contributed by atoms with van der Waals surface area (Å²) in [5, 5.41) is 0. The minimum atomic E-state index is -0.774. The molecule has 2 aromatic carbocycles. The van der Waals surface area contributed by atoms with E-state index >= 15 is 0 Å². The zero-order valence-corrected chi connectivity index (χ0v) is 16.2. The molecule has 0 aromatic heterocycles. The normalized spacial score (nSPS) is 24.5. The standard InChI is InChI=1S/C21H19F2N3OS/c1-25-11-9-21(10-12-25)24-18(14-5-7-16(22)8-6-14)20(28)26(21)19(27)15-3-2-4-17(23)13-15/h2-8,13H,9-12H2,1H3/p+1. The number of carbonyl (C=O) groups is 1. The third-order valence-corrected chi connectivity index (χ3v) is 5.81. The quantitative estimate of drug-likeness (QED) is 0.786. The number of thiocarbonyl (C=S) groups is 1. The molecule has 4 rings (SSSR count). The van der Waals surface area contributed by atoms with Crippen molar-refractivity contribution >= 4 is 28.8 Å². The minimum absolute atomic E-state index is 0.239. The average Bonchev–Trinajstić information content (AvgIpc) is 2.96. The first-order valence-corrected chi connectivity index (χ1v) is 9.62. The van der Waals surface area contributed by atoms with Crippen LogP contribution in [0.3, 0.4) is 0 Å². The molecular weight excluding hydrogens is 380 g/mol. The Bertz CT molecular complexity index is 966. The highest BCUT2D eigenvalue weighted by Crippen LogP contribution is 2.36. The lowest BCUT2D eigenvalue weighted by molar-refractivity contribution is -0.886. The third-order valence-electron chi connectivity index (χ3n) is 5.44. The van der Waals surface area contributed by atoms with Gasteiger partial charge in [0.05, 0.1) is 20.1 Å². The summed E-state index contributed by atoms with van der Waals surface area (Å²) in [5.74, 6) is -1.18. The van der Waals surface area contributed by atoms with E-state index in [1.165, 1.54) is 35.2 Å². The average molecular weight is 400 g/mol. The van der Waals surface area contributed by atoms with E-state index in [0.717, 1.165) is 13.1 Å². The molecule has 144 valence electrons. The van der Waals surface area contributed by atoms with Crippen LogP contribution in [0.15, 0.2) is 53.5 Å². The highest BCUT2D eigenvalue weighted by molar-refractivity contribution is 7.82. The van der Waals surface area contributed by atoms with Gasteiger partial charge in [0.1, 0.15) is 22.3 Å². The number of likely N-dealkylation sites (tertiary alicyclic amines) is 1. The van der Waals surface area contributed by atoms with Crippen molar-refractivity contribution in [2.45, 2.75) is 18.5 Å². The van der Waals surface area contributed by atoms with Crippen molar-refractivity contribution in [2.75, 3.05) is 20.1 Å². The Morgan fingerprint density at radius 2 is 1.79 bits per heavy atom. The second kappa shape index (κ2) is 7.14. The van der Waals surface area contributed by atoms with Crippen LogP contribution in [-0.2, 0) is 0 Å². The summed E-state index contributed by atoms with van der Waals surface area (Å²) in [5.41, 5.74) is 0.651. The molecule has 1 N–H and O–H groups in total. The number of rotatable bonds is 2. The number of hydrogen-bond acceptors (Lipinski definition) is 3. The molecule has 2 heterocycles. The van der Waals surface area contributed by atoms with Gasteiger partial charge in [0.25, 0.3) is 5.91 Å². The van der Waals surface area contributed by atoms with Crippen LogP contribution in [0, 0.1) is 11.6 Å². The first-order valence-electron chi connectivity index (χ1n) is 9.21. The largest absolute Gasteiger partial charge is 0.337 e. The molecule has 1 amide bonds. The van der Waals surface area contributed by atoms with Crippen LogP contribution >= 0.6 is 12.2 Å². The van der Waals surface area contributed by atoms with Gasteiger partial charge in [0, 0.05) is 24.0 Å². The first kappa shape index (κ1) is 18.8. The Kier molecular flexibility index (Phi) is 4.81. The van der Waals surface area contributed by atoms with Crippen LogP contribution in [0.4, 0.5) is 8.78 Å². The number of halogens is 2. The predicted molar refractivity (Wildman–Crippen MR) is 107 cm³/mol. The van der Waals surface area contributed by atoms with Crippen molar-refractivity contribution in [3.8, 4) is 0 Å². The van der Waals surface area contributed by atoms with E-state index < -0.39 is 11.5 Å². The molecular formula is C21H20F2N3OS+. The SMILES string of the molecule is C[NH+]1CCC2(CC1)N=C(c1ccc(F)cc1)C(=S)N2C(=O)c1cccc(F)c1. The van der Waals surface area contributed by atoms with Crippen LogP contribution in [0.25, 0.3) is 0 Å². The van der Waals surface area contributed by atoms with E-state index in [4.69, 9.17) is 17.2 Å². The lowest BCUT2D eigenvalue weighted by atomic mass is 9.95. The van der Waals surface area contributed by atoms with Crippen LogP contribution in [0.2, 0.25) is 0 Å². The fourth-order valence-corrected chi connectivity index (χ4v) is 4.26. The van der Waals surface area contributed by atoms with Crippen molar-refractivity contribution in [2.24, 2.45) is 4.99 Å². The maximum Gasteiger partial charge on any atom is 0.261 e. The highest BCUT2D eigenvalue weighted by Gasteiger charge is 2.51. The Labute approximate surface area is 167 Å². The summed E-state index contributed by atoms with van der Waals surface area (Å²) in [6.45, 7) is 1.69.